The number of nitrogens with two attached hydrogens (primary N) is 1. The van der Waals surface area contributed by atoms with Gasteiger partial charge in [-0.3, -0.25) is 4.79 Å². The van der Waals surface area contributed by atoms with Crippen LogP contribution in [-0.2, 0) is 11.2 Å². The van der Waals surface area contributed by atoms with E-state index in [2.05, 4.69) is 22.9 Å². The lowest BCUT2D eigenvalue weighted by atomic mass is 9.92. The van der Waals surface area contributed by atoms with Gasteiger partial charge in [0, 0.05) is 12.8 Å². The van der Waals surface area contributed by atoms with Crippen molar-refractivity contribution in [1.29, 1.82) is 0 Å². The minimum atomic E-state index is -0.299. The number of halogens is 2. The van der Waals surface area contributed by atoms with Crippen molar-refractivity contribution in [2.75, 3.05) is 6.54 Å². The molecule has 0 spiro atoms. The third-order valence-corrected chi connectivity index (χ3v) is 4.10. The molecule has 20 heavy (non-hydrogen) atoms. The molecule has 1 rings (SSSR count). The van der Waals surface area contributed by atoms with Crippen LogP contribution in [0.25, 0.3) is 0 Å². The summed E-state index contributed by atoms with van der Waals surface area (Å²) in [7, 11) is 0. The Labute approximate surface area is 129 Å². The minimum absolute atomic E-state index is 0.210. The lowest BCUT2D eigenvalue weighted by molar-refractivity contribution is -0.118. The molecule has 0 aliphatic rings. The van der Waals surface area contributed by atoms with Gasteiger partial charge in [-0.15, -0.1) is 0 Å². The third kappa shape index (κ3) is 6.14. The van der Waals surface area contributed by atoms with Gasteiger partial charge in [-0.1, -0.05) is 25.8 Å². The van der Waals surface area contributed by atoms with Crippen molar-refractivity contribution < 1.29 is 9.18 Å². The van der Waals surface area contributed by atoms with Gasteiger partial charge in [0.15, 0.2) is 0 Å². The van der Waals surface area contributed by atoms with E-state index in [1.165, 1.54) is 6.07 Å². The number of carbonyl (C=O) groups is 1. The SMILES string of the molecule is CCCC(CCN)CCC(=O)Cc1ccc(F)c(Br)c1. The zero-order valence-corrected chi connectivity index (χ0v) is 13.6. The molecule has 0 aliphatic carbocycles. The van der Waals surface area contributed by atoms with E-state index in [-0.39, 0.29) is 11.6 Å². The van der Waals surface area contributed by atoms with Gasteiger partial charge in [0.05, 0.1) is 4.47 Å². The molecular formula is C16H23BrFNO. The van der Waals surface area contributed by atoms with Gasteiger partial charge in [0.2, 0.25) is 0 Å². The Balaban J connectivity index is 2.44. The molecule has 4 heteroatoms. The summed E-state index contributed by atoms with van der Waals surface area (Å²) >= 11 is 3.14. The van der Waals surface area contributed by atoms with E-state index in [1.54, 1.807) is 12.1 Å². The predicted octanol–water partition coefficient (Wildman–Crippen LogP) is 4.25. The van der Waals surface area contributed by atoms with E-state index in [9.17, 15) is 9.18 Å². The van der Waals surface area contributed by atoms with Crippen LogP contribution in [0, 0.1) is 11.7 Å². The van der Waals surface area contributed by atoms with E-state index < -0.39 is 0 Å². The fraction of sp³-hybridized carbons (Fsp3) is 0.562. The maximum absolute atomic E-state index is 13.1. The van der Waals surface area contributed by atoms with Gasteiger partial charge in [-0.2, -0.15) is 0 Å². The normalized spacial score (nSPS) is 12.4. The first-order chi connectivity index (χ1) is 9.56. The summed E-state index contributed by atoms with van der Waals surface area (Å²) < 4.78 is 13.5. The summed E-state index contributed by atoms with van der Waals surface area (Å²) in [6.07, 6.45) is 5.12. The molecule has 0 bridgehead atoms. The molecular weight excluding hydrogens is 321 g/mol. The van der Waals surface area contributed by atoms with Gasteiger partial charge in [-0.05, 0) is 58.9 Å². The van der Waals surface area contributed by atoms with E-state index in [0.29, 0.717) is 29.8 Å². The maximum atomic E-state index is 13.1. The Hall–Kier alpha value is -0.740. The first-order valence-corrected chi connectivity index (χ1v) is 8.01. The van der Waals surface area contributed by atoms with Crippen LogP contribution < -0.4 is 5.73 Å². The van der Waals surface area contributed by atoms with Crippen LogP contribution in [0.5, 0.6) is 0 Å². The number of carbonyl (C=O) groups excluding carboxylic acids is 1. The van der Waals surface area contributed by atoms with Crippen LogP contribution >= 0.6 is 15.9 Å². The van der Waals surface area contributed by atoms with Crippen LogP contribution in [0.15, 0.2) is 22.7 Å². The van der Waals surface area contributed by atoms with Gasteiger partial charge in [0.1, 0.15) is 11.6 Å². The molecule has 1 unspecified atom stereocenters. The molecule has 0 aromatic heterocycles. The Bertz CT molecular complexity index is 430. The molecule has 2 N–H and O–H groups in total. The maximum Gasteiger partial charge on any atom is 0.137 e. The lowest BCUT2D eigenvalue weighted by Gasteiger charge is -2.14. The van der Waals surface area contributed by atoms with Crippen LogP contribution in [0.3, 0.4) is 0 Å². The Morgan fingerprint density at radius 3 is 2.70 bits per heavy atom. The summed E-state index contributed by atoms with van der Waals surface area (Å²) in [5, 5.41) is 0. The second-order valence-electron chi connectivity index (χ2n) is 5.23. The molecule has 0 fully saturated rings. The number of benzene rings is 1. The average molecular weight is 344 g/mol. The third-order valence-electron chi connectivity index (χ3n) is 3.49. The van der Waals surface area contributed by atoms with Gasteiger partial charge >= 0.3 is 0 Å². The fourth-order valence-corrected chi connectivity index (χ4v) is 2.83. The zero-order chi connectivity index (χ0) is 15.0. The highest BCUT2D eigenvalue weighted by Crippen LogP contribution is 2.20. The van der Waals surface area contributed by atoms with Crippen molar-refractivity contribution in [1.82, 2.24) is 0 Å². The largest absolute Gasteiger partial charge is 0.330 e. The van der Waals surface area contributed by atoms with Crippen LogP contribution in [0.4, 0.5) is 4.39 Å². The quantitative estimate of drug-likeness (QED) is 0.728. The smallest absolute Gasteiger partial charge is 0.137 e. The molecule has 0 saturated heterocycles. The second-order valence-corrected chi connectivity index (χ2v) is 6.09. The molecule has 0 saturated carbocycles. The standard InChI is InChI=1S/C16H23BrFNO/c1-2-3-12(8-9-19)4-6-14(20)10-13-5-7-16(18)15(17)11-13/h5,7,11-12H,2-4,6,8-10,19H2,1H3. The van der Waals surface area contributed by atoms with Gasteiger partial charge in [-0.25, -0.2) is 4.39 Å². The van der Waals surface area contributed by atoms with Crippen molar-refractivity contribution in [2.24, 2.45) is 11.7 Å². The van der Waals surface area contributed by atoms with Crippen LogP contribution in [0.2, 0.25) is 0 Å². The number of ketones is 1. The first kappa shape index (κ1) is 17.3. The zero-order valence-electron chi connectivity index (χ0n) is 12.0. The second kappa shape index (κ2) is 9.24. The molecule has 1 atom stereocenters. The summed E-state index contributed by atoms with van der Waals surface area (Å²) in [6, 6.07) is 4.74. The minimum Gasteiger partial charge on any atom is -0.330 e. The molecule has 1 aromatic rings. The van der Waals surface area contributed by atoms with Crippen molar-refractivity contribution >= 4 is 21.7 Å². The molecule has 0 amide bonds. The summed E-state index contributed by atoms with van der Waals surface area (Å²) in [5.74, 6) is 0.461. The fourth-order valence-electron chi connectivity index (χ4n) is 2.41. The summed E-state index contributed by atoms with van der Waals surface area (Å²) in [6.45, 7) is 2.84. The monoisotopic (exact) mass is 343 g/mol. The molecule has 112 valence electrons. The first-order valence-electron chi connectivity index (χ1n) is 7.22. The Morgan fingerprint density at radius 2 is 2.10 bits per heavy atom. The van der Waals surface area contributed by atoms with Crippen molar-refractivity contribution in [2.45, 2.75) is 45.4 Å². The molecule has 0 radical (unpaired) electrons. The highest BCUT2D eigenvalue weighted by Gasteiger charge is 2.11. The highest BCUT2D eigenvalue weighted by molar-refractivity contribution is 9.10. The average Bonchev–Trinajstić information content (AvgIpc) is 2.41. The van der Waals surface area contributed by atoms with E-state index in [0.717, 1.165) is 31.2 Å². The Kier molecular flexibility index (Phi) is 8.00. The lowest BCUT2D eigenvalue weighted by Crippen LogP contribution is -2.11. The highest BCUT2D eigenvalue weighted by atomic mass is 79.9. The molecule has 1 aromatic carbocycles. The van der Waals surface area contributed by atoms with Crippen LogP contribution in [0.1, 0.15) is 44.6 Å². The summed E-state index contributed by atoms with van der Waals surface area (Å²) in [5.41, 5.74) is 6.45. The summed E-state index contributed by atoms with van der Waals surface area (Å²) in [4.78, 5) is 12.0. The van der Waals surface area contributed by atoms with Crippen molar-refractivity contribution in [3.63, 3.8) is 0 Å². The van der Waals surface area contributed by atoms with Gasteiger partial charge < -0.3 is 5.73 Å². The van der Waals surface area contributed by atoms with Crippen LogP contribution in [-0.4, -0.2) is 12.3 Å². The van der Waals surface area contributed by atoms with Gasteiger partial charge in [0.25, 0.3) is 0 Å². The number of hydrogen-bond acceptors (Lipinski definition) is 2. The van der Waals surface area contributed by atoms with E-state index in [4.69, 9.17) is 5.73 Å². The molecule has 0 heterocycles. The Morgan fingerprint density at radius 1 is 1.35 bits per heavy atom. The van der Waals surface area contributed by atoms with Crippen molar-refractivity contribution in [3.8, 4) is 0 Å². The number of Topliss-reactive ketones (excluding diaryl/α,β-unsaturated/α-hetero) is 1. The molecule has 2 nitrogen and oxygen atoms in total. The predicted molar refractivity (Wildman–Crippen MR) is 84.1 cm³/mol. The topological polar surface area (TPSA) is 43.1 Å². The van der Waals surface area contributed by atoms with E-state index in [1.807, 2.05) is 0 Å². The van der Waals surface area contributed by atoms with Crippen molar-refractivity contribution in [3.05, 3.63) is 34.1 Å². The molecule has 0 aliphatic heterocycles. The number of hydrogen-bond donors (Lipinski definition) is 1. The number of rotatable bonds is 9. The van der Waals surface area contributed by atoms with E-state index >= 15 is 0 Å².